The molecule has 2 rings (SSSR count). The molecule has 1 aliphatic rings. The summed E-state index contributed by atoms with van der Waals surface area (Å²) < 4.78 is 0. The lowest BCUT2D eigenvalue weighted by Crippen LogP contribution is -2.45. The first-order valence-electron chi connectivity index (χ1n) is 7.78. The van der Waals surface area contributed by atoms with E-state index < -0.39 is 0 Å². The summed E-state index contributed by atoms with van der Waals surface area (Å²) in [4.78, 5) is 2.63. The first-order valence-corrected chi connectivity index (χ1v) is 8.16. The molecule has 1 saturated heterocycles. The van der Waals surface area contributed by atoms with Crippen LogP contribution in [-0.4, -0.2) is 31.1 Å². The maximum absolute atomic E-state index is 6.11. The molecule has 1 aromatic carbocycles. The molecule has 1 aromatic rings. The molecule has 1 aliphatic heterocycles. The van der Waals surface area contributed by atoms with E-state index in [1.165, 1.54) is 24.0 Å². The van der Waals surface area contributed by atoms with Gasteiger partial charge in [-0.3, -0.25) is 4.90 Å². The minimum Gasteiger partial charge on any atom is -0.314 e. The summed E-state index contributed by atoms with van der Waals surface area (Å²) in [6.45, 7) is 11.3. The van der Waals surface area contributed by atoms with E-state index in [0.29, 0.717) is 6.04 Å². The minimum atomic E-state index is 0.539. The van der Waals surface area contributed by atoms with Gasteiger partial charge in [0.15, 0.2) is 0 Å². The van der Waals surface area contributed by atoms with Gasteiger partial charge in [0.1, 0.15) is 0 Å². The summed E-state index contributed by atoms with van der Waals surface area (Å²) in [7, 11) is 0. The Morgan fingerprint density at radius 1 is 1.20 bits per heavy atom. The molecular weight excluding hydrogens is 268 g/mol. The second-order valence-electron chi connectivity index (χ2n) is 6.27. The van der Waals surface area contributed by atoms with Gasteiger partial charge in [0, 0.05) is 37.2 Å². The van der Waals surface area contributed by atoms with Gasteiger partial charge >= 0.3 is 0 Å². The SMILES string of the molecule is Cc1cc(Cl)ccc1[C@H](CCC(C)C)N1CCNCC1. The van der Waals surface area contributed by atoms with Crippen molar-refractivity contribution in [1.82, 2.24) is 10.2 Å². The largest absolute Gasteiger partial charge is 0.314 e. The molecule has 1 heterocycles. The molecule has 1 N–H and O–H groups in total. The van der Waals surface area contributed by atoms with Gasteiger partial charge in [-0.1, -0.05) is 31.5 Å². The molecule has 112 valence electrons. The van der Waals surface area contributed by atoms with E-state index in [1.807, 2.05) is 6.07 Å². The van der Waals surface area contributed by atoms with Gasteiger partial charge in [-0.2, -0.15) is 0 Å². The van der Waals surface area contributed by atoms with Crippen molar-refractivity contribution >= 4 is 11.6 Å². The third kappa shape index (κ3) is 4.21. The van der Waals surface area contributed by atoms with Crippen molar-refractivity contribution in [1.29, 1.82) is 0 Å². The highest BCUT2D eigenvalue weighted by molar-refractivity contribution is 6.30. The van der Waals surface area contributed by atoms with Crippen LogP contribution in [0.5, 0.6) is 0 Å². The van der Waals surface area contributed by atoms with Gasteiger partial charge in [-0.05, 0) is 48.9 Å². The number of rotatable bonds is 5. The molecule has 3 heteroatoms. The Balaban J connectivity index is 2.19. The topological polar surface area (TPSA) is 15.3 Å². The van der Waals surface area contributed by atoms with Gasteiger partial charge < -0.3 is 5.32 Å². The molecule has 2 nitrogen and oxygen atoms in total. The first kappa shape index (κ1) is 15.8. The van der Waals surface area contributed by atoms with E-state index in [0.717, 1.165) is 37.1 Å². The standard InChI is InChI=1S/C17H27ClN2/c1-13(2)4-7-17(20-10-8-19-9-11-20)16-6-5-15(18)12-14(16)3/h5-6,12-13,17,19H,4,7-11H2,1-3H3/t17-/m0/s1. The van der Waals surface area contributed by atoms with Gasteiger partial charge in [0.25, 0.3) is 0 Å². The Labute approximate surface area is 128 Å². The zero-order valence-electron chi connectivity index (χ0n) is 13.0. The number of nitrogens with zero attached hydrogens (tertiary/aromatic N) is 1. The second kappa shape index (κ2) is 7.44. The normalized spacial score (nSPS) is 18.4. The smallest absolute Gasteiger partial charge is 0.0408 e. The third-order valence-electron chi connectivity index (χ3n) is 4.20. The highest BCUT2D eigenvalue weighted by Gasteiger charge is 2.23. The van der Waals surface area contributed by atoms with Gasteiger partial charge in [0.05, 0.1) is 0 Å². The van der Waals surface area contributed by atoms with Crippen LogP contribution in [0.4, 0.5) is 0 Å². The van der Waals surface area contributed by atoms with Crippen molar-refractivity contribution < 1.29 is 0 Å². The lowest BCUT2D eigenvalue weighted by Gasteiger charge is -2.36. The third-order valence-corrected chi connectivity index (χ3v) is 4.44. The summed E-state index contributed by atoms with van der Waals surface area (Å²) >= 11 is 6.11. The summed E-state index contributed by atoms with van der Waals surface area (Å²) in [6.07, 6.45) is 2.51. The molecule has 0 spiro atoms. The highest BCUT2D eigenvalue weighted by Crippen LogP contribution is 2.31. The van der Waals surface area contributed by atoms with Gasteiger partial charge in [-0.25, -0.2) is 0 Å². The van der Waals surface area contributed by atoms with Crippen molar-refractivity contribution in [3.05, 3.63) is 34.3 Å². The van der Waals surface area contributed by atoms with Crippen LogP contribution in [0.25, 0.3) is 0 Å². The average Bonchev–Trinajstić information content (AvgIpc) is 2.42. The molecule has 0 unspecified atom stereocenters. The molecule has 1 fully saturated rings. The lowest BCUT2D eigenvalue weighted by molar-refractivity contribution is 0.159. The summed E-state index contributed by atoms with van der Waals surface area (Å²) in [5.74, 6) is 0.757. The van der Waals surface area contributed by atoms with E-state index in [-0.39, 0.29) is 0 Å². The lowest BCUT2D eigenvalue weighted by atomic mass is 9.93. The molecule has 1 atom stereocenters. The number of hydrogen-bond donors (Lipinski definition) is 1. The highest BCUT2D eigenvalue weighted by atomic mass is 35.5. The number of halogens is 1. The van der Waals surface area contributed by atoms with Crippen molar-refractivity contribution in [2.45, 2.75) is 39.7 Å². The van der Waals surface area contributed by atoms with Crippen molar-refractivity contribution in [3.63, 3.8) is 0 Å². The summed E-state index contributed by atoms with van der Waals surface area (Å²) in [6, 6.07) is 6.90. The van der Waals surface area contributed by atoms with Crippen LogP contribution < -0.4 is 5.32 Å². The molecule has 0 radical (unpaired) electrons. The van der Waals surface area contributed by atoms with E-state index in [9.17, 15) is 0 Å². The fraction of sp³-hybridized carbons (Fsp3) is 0.647. The van der Waals surface area contributed by atoms with Crippen molar-refractivity contribution in [2.24, 2.45) is 5.92 Å². The monoisotopic (exact) mass is 294 g/mol. The fourth-order valence-electron chi connectivity index (χ4n) is 3.03. The van der Waals surface area contributed by atoms with Crippen molar-refractivity contribution in [3.8, 4) is 0 Å². The Morgan fingerprint density at radius 3 is 2.50 bits per heavy atom. The summed E-state index contributed by atoms with van der Waals surface area (Å²) in [5.41, 5.74) is 2.78. The van der Waals surface area contributed by atoms with Crippen LogP contribution in [-0.2, 0) is 0 Å². The number of hydrogen-bond acceptors (Lipinski definition) is 2. The number of piperazine rings is 1. The van der Waals surface area contributed by atoms with Crippen LogP contribution in [0, 0.1) is 12.8 Å². The zero-order valence-corrected chi connectivity index (χ0v) is 13.7. The Morgan fingerprint density at radius 2 is 1.90 bits per heavy atom. The maximum atomic E-state index is 6.11. The van der Waals surface area contributed by atoms with Crippen LogP contribution in [0.1, 0.15) is 43.9 Å². The Bertz CT molecular complexity index is 425. The molecular formula is C17H27ClN2. The molecule has 0 amide bonds. The first-order chi connectivity index (χ1) is 9.58. The fourth-order valence-corrected chi connectivity index (χ4v) is 3.26. The molecule has 0 bridgehead atoms. The second-order valence-corrected chi connectivity index (χ2v) is 6.71. The predicted octanol–water partition coefficient (Wildman–Crippen LogP) is 4.03. The van der Waals surface area contributed by atoms with Crippen LogP contribution >= 0.6 is 11.6 Å². The van der Waals surface area contributed by atoms with E-state index in [1.54, 1.807) is 0 Å². The van der Waals surface area contributed by atoms with Gasteiger partial charge in [0.2, 0.25) is 0 Å². The van der Waals surface area contributed by atoms with Crippen molar-refractivity contribution in [2.75, 3.05) is 26.2 Å². The van der Waals surface area contributed by atoms with Crippen LogP contribution in [0.2, 0.25) is 5.02 Å². The molecule has 0 aliphatic carbocycles. The Hall–Kier alpha value is -0.570. The maximum Gasteiger partial charge on any atom is 0.0408 e. The minimum absolute atomic E-state index is 0.539. The number of nitrogens with one attached hydrogen (secondary N) is 1. The van der Waals surface area contributed by atoms with E-state index in [2.05, 4.69) is 43.1 Å². The quantitative estimate of drug-likeness (QED) is 0.882. The van der Waals surface area contributed by atoms with Crippen LogP contribution in [0.15, 0.2) is 18.2 Å². The average molecular weight is 295 g/mol. The Kier molecular flexibility index (Phi) is 5.88. The number of benzene rings is 1. The van der Waals surface area contributed by atoms with Gasteiger partial charge in [-0.15, -0.1) is 0 Å². The van der Waals surface area contributed by atoms with E-state index >= 15 is 0 Å². The number of aryl methyl sites for hydroxylation is 1. The molecule has 0 aromatic heterocycles. The zero-order chi connectivity index (χ0) is 14.5. The van der Waals surface area contributed by atoms with Crippen LogP contribution in [0.3, 0.4) is 0 Å². The molecule has 0 saturated carbocycles. The van der Waals surface area contributed by atoms with E-state index in [4.69, 9.17) is 11.6 Å². The predicted molar refractivity (Wildman–Crippen MR) is 87.4 cm³/mol. The summed E-state index contributed by atoms with van der Waals surface area (Å²) in [5, 5.41) is 4.29. The molecule has 20 heavy (non-hydrogen) atoms.